The van der Waals surface area contributed by atoms with Crippen molar-refractivity contribution in [1.29, 1.82) is 0 Å². The first-order chi connectivity index (χ1) is 13.2. The minimum Gasteiger partial charge on any atom is -0.491 e. The number of rotatable bonds is 5. The van der Waals surface area contributed by atoms with Crippen LogP contribution in [-0.4, -0.2) is 44.8 Å². The summed E-state index contributed by atoms with van der Waals surface area (Å²) in [5.74, 6) is 0.890. The standard InChI is InChI=1S/C21H28N4O2/c1-2-24-14-17(13-23-24)20(26)25-16-21(8-4-3-5-9-21)12-18(25)15-27-19-6-10-22-11-7-19/h6-7,10-11,13-14,18H,2-5,8-9,12,15-16H2,1H3. The summed E-state index contributed by atoms with van der Waals surface area (Å²) < 4.78 is 7.82. The van der Waals surface area contributed by atoms with Gasteiger partial charge >= 0.3 is 0 Å². The molecule has 0 N–H and O–H groups in total. The van der Waals surface area contributed by atoms with Crippen LogP contribution in [0.2, 0.25) is 0 Å². The molecule has 0 radical (unpaired) electrons. The lowest BCUT2D eigenvalue weighted by Gasteiger charge is -2.33. The number of ether oxygens (including phenoxy) is 1. The number of carbonyl (C=O) groups is 1. The fourth-order valence-electron chi connectivity index (χ4n) is 4.66. The van der Waals surface area contributed by atoms with Gasteiger partial charge in [0.2, 0.25) is 0 Å². The van der Waals surface area contributed by atoms with E-state index in [4.69, 9.17) is 4.74 Å². The Balaban J connectivity index is 1.52. The maximum Gasteiger partial charge on any atom is 0.257 e. The maximum absolute atomic E-state index is 13.2. The van der Waals surface area contributed by atoms with Crippen LogP contribution in [0.5, 0.6) is 5.75 Å². The summed E-state index contributed by atoms with van der Waals surface area (Å²) in [7, 11) is 0. The van der Waals surface area contributed by atoms with Crippen molar-refractivity contribution in [2.24, 2.45) is 5.41 Å². The van der Waals surface area contributed by atoms with Crippen LogP contribution in [0.3, 0.4) is 0 Å². The van der Waals surface area contributed by atoms with Crippen molar-refractivity contribution in [2.75, 3.05) is 13.2 Å². The first-order valence-electron chi connectivity index (χ1n) is 10.1. The second-order valence-electron chi connectivity index (χ2n) is 7.93. The number of nitrogens with zero attached hydrogens (tertiary/aromatic N) is 4. The van der Waals surface area contributed by atoms with Crippen molar-refractivity contribution in [3.8, 4) is 5.75 Å². The van der Waals surface area contributed by atoms with Gasteiger partial charge < -0.3 is 9.64 Å². The lowest BCUT2D eigenvalue weighted by molar-refractivity contribution is 0.0674. The van der Waals surface area contributed by atoms with Gasteiger partial charge in [-0.2, -0.15) is 5.10 Å². The van der Waals surface area contributed by atoms with E-state index in [9.17, 15) is 4.79 Å². The molecule has 2 fully saturated rings. The monoisotopic (exact) mass is 368 g/mol. The third kappa shape index (κ3) is 3.84. The van der Waals surface area contributed by atoms with Gasteiger partial charge in [-0.15, -0.1) is 0 Å². The Morgan fingerprint density at radius 3 is 2.74 bits per heavy atom. The predicted octanol–water partition coefficient (Wildman–Crippen LogP) is 3.54. The molecule has 0 aromatic carbocycles. The van der Waals surface area contributed by atoms with E-state index in [0.29, 0.717) is 12.2 Å². The van der Waals surface area contributed by atoms with Crippen molar-refractivity contribution >= 4 is 5.91 Å². The molecule has 1 saturated carbocycles. The minimum absolute atomic E-state index is 0.0838. The van der Waals surface area contributed by atoms with Crippen LogP contribution in [0.1, 0.15) is 55.8 Å². The molecule has 1 atom stereocenters. The highest BCUT2D eigenvalue weighted by Crippen LogP contribution is 2.46. The largest absolute Gasteiger partial charge is 0.491 e. The van der Waals surface area contributed by atoms with Gasteiger partial charge in [0.05, 0.1) is 17.8 Å². The Labute approximate surface area is 160 Å². The first kappa shape index (κ1) is 18.0. The highest BCUT2D eigenvalue weighted by molar-refractivity contribution is 5.94. The molecule has 1 spiro atoms. The SMILES string of the molecule is CCn1cc(C(=O)N2CC3(CCCCC3)CC2COc2ccncc2)cn1. The Kier molecular flexibility index (Phi) is 5.14. The van der Waals surface area contributed by atoms with Gasteiger partial charge in [0.15, 0.2) is 0 Å². The summed E-state index contributed by atoms with van der Waals surface area (Å²) in [4.78, 5) is 19.3. The van der Waals surface area contributed by atoms with Gasteiger partial charge in [-0.05, 0) is 43.7 Å². The van der Waals surface area contributed by atoms with Gasteiger partial charge in [-0.25, -0.2) is 0 Å². The first-order valence-corrected chi connectivity index (χ1v) is 10.1. The lowest BCUT2D eigenvalue weighted by Crippen LogP contribution is -2.39. The molecule has 4 rings (SSSR count). The molecule has 2 aromatic rings. The third-order valence-electron chi connectivity index (χ3n) is 6.09. The van der Waals surface area contributed by atoms with Crippen molar-refractivity contribution in [3.63, 3.8) is 0 Å². The van der Waals surface area contributed by atoms with Gasteiger partial charge in [-0.1, -0.05) is 19.3 Å². The smallest absolute Gasteiger partial charge is 0.257 e. The molecule has 2 aliphatic rings. The van der Waals surface area contributed by atoms with E-state index in [2.05, 4.69) is 10.1 Å². The van der Waals surface area contributed by atoms with E-state index in [1.807, 2.05) is 34.8 Å². The molecule has 1 saturated heterocycles. The molecule has 144 valence electrons. The Bertz CT molecular complexity index is 767. The van der Waals surface area contributed by atoms with E-state index in [1.54, 1.807) is 18.6 Å². The quantitative estimate of drug-likeness (QED) is 0.810. The zero-order chi connectivity index (χ0) is 18.7. The van der Waals surface area contributed by atoms with E-state index in [-0.39, 0.29) is 17.4 Å². The highest BCUT2D eigenvalue weighted by atomic mass is 16.5. The molecule has 0 bridgehead atoms. The summed E-state index contributed by atoms with van der Waals surface area (Å²) in [6.07, 6.45) is 14.3. The molecule has 1 unspecified atom stereocenters. The summed E-state index contributed by atoms with van der Waals surface area (Å²) in [6, 6.07) is 3.83. The van der Waals surface area contributed by atoms with Crippen LogP contribution in [0.25, 0.3) is 0 Å². The fraction of sp³-hybridized carbons (Fsp3) is 0.571. The molecule has 1 aliphatic carbocycles. The van der Waals surface area contributed by atoms with Gasteiger partial charge in [0.1, 0.15) is 12.4 Å². The molecule has 3 heterocycles. The van der Waals surface area contributed by atoms with Crippen molar-refractivity contribution in [2.45, 2.75) is 58.0 Å². The molecular weight excluding hydrogens is 340 g/mol. The Morgan fingerprint density at radius 1 is 1.26 bits per heavy atom. The maximum atomic E-state index is 13.2. The number of hydrogen-bond acceptors (Lipinski definition) is 4. The van der Waals surface area contributed by atoms with Crippen LogP contribution < -0.4 is 4.74 Å². The summed E-state index contributed by atoms with van der Waals surface area (Å²) in [6.45, 7) is 4.16. The molecule has 6 nitrogen and oxygen atoms in total. The van der Waals surface area contributed by atoms with E-state index in [0.717, 1.165) is 25.3 Å². The third-order valence-corrected chi connectivity index (χ3v) is 6.09. The van der Waals surface area contributed by atoms with Crippen LogP contribution in [0.15, 0.2) is 36.9 Å². The van der Waals surface area contributed by atoms with Gasteiger partial charge in [0, 0.05) is 31.7 Å². The normalized spacial score (nSPS) is 21.5. The molecule has 1 aliphatic heterocycles. The molecule has 1 amide bonds. The van der Waals surface area contributed by atoms with Gasteiger partial charge in [-0.3, -0.25) is 14.5 Å². The number of carbonyl (C=O) groups excluding carboxylic acids is 1. The topological polar surface area (TPSA) is 60.2 Å². The summed E-state index contributed by atoms with van der Waals surface area (Å²) in [5, 5.41) is 4.28. The predicted molar refractivity (Wildman–Crippen MR) is 103 cm³/mol. The highest BCUT2D eigenvalue weighted by Gasteiger charge is 2.46. The number of likely N-dealkylation sites (tertiary alicyclic amines) is 1. The number of pyridine rings is 1. The number of aromatic nitrogens is 3. The lowest BCUT2D eigenvalue weighted by atomic mass is 9.73. The molecule has 2 aromatic heterocycles. The Morgan fingerprint density at radius 2 is 2.04 bits per heavy atom. The van der Waals surface area contributed by atoms with E-state index >= 15 is 0 Å². The summed E-state index contributed by atoms with van der Waals surface area (Å²) in [5.41, 5.74) is 0.944. The molecule has 27 heavy (non-hydrogen) atoms. The minimum atomic E-state index is 0.0838. The van der Waals surface area contributed by atoms with Crippen molar-refractivity contribution in [3.05, 3.63) is 42.5 Å². The van der Waals surface area contributed by atoms with Crippen molar-refractivity contribution < 1.29 is 9.53 Å². The summed E-state index contributed by atoms with van der Waals surface area (Å²) >= 11 is 0. The molecular formula is C21H28N4O2. The number of hydrogen-bond donors (Lipinski definition) is 0. The second-order valence-corrected chi connectivity index (χ2v) is 7.93. The zero-order valence-electron chi connectivity index (χ0n) is 16.0. The van der Waals surface area contributed by atoms with E-state index < -0.39 is 0 Å². The number of aryl methyl sites for hydroxylation is 1. The molecule has 6 heteroatoms. The van der Waals surface area contributed by atoms with Crippen molar-refractivity contribution in [1.82, 2.24) is 19.7 Å². The second kappa shape index (κ2) is 7.71. The number of amides is 1. The van der Waals surface area contributed by atoms with Crippen LogP contribution >= 0.6 is 0 Å². The van der Waals surface area contributed by atoms with Crippen LogP contribution in [-0.2, 0) is 6.54 Å². The average Bonchev–Trinajstić information content (AvgIpc) is 3.32. The zero-order valence-corrected chi connectivity index (χ0v) is 16.0. The van der Waals surface area contributed by atoms with Crippen LogP contribution in [0, 0.1) is 5.41 Å². The fourth-order valence-corrected chi connectivity index (χ4v) is 4.66. The average molecular weight is 368 g/mol. The van der Waals surface area contributed by atoms with Crippen LogP contribution in [0.4, 0.5) is 0 Å². The van der Waals surface area contributed by atoms with Gasteiger partial charge in [0.25, 0.3) is 5.91 Å². The van der Waals surface area contributed by atoms with E-state index in [1.165, 1.54) is 32.1 Å². The Hall–Kier alpha value is -2.37.